The van der Waals surface area contributed by atoms with Crippen molar-refractivity contribution in [1.29, 1.82) is 0 Å². The van der Waals surface area contributed by atoms with Gasteiger partial charge in [-0.1, -0.05) is 12.1 Å². The summed E-state index contributed by atoms with van der Waals surface area (Å²) in [5.74, 6) is -0.360. The van der Waals surface area contributed by atoms with Crippen LogP contribution < -0.4 is 11.1 Å². The second-order valence-corrected chi connectivity index (χ2v) is 5.90. The van der Waals surface area contributed by atoms with Gasteiger partial charge < -0.3 is 15.5 Å². The van der Waals surface area contributed by atoms with E-state index in [-0.39, 0.29) is 11.3 Å². The Labute approximate surface area is 145 Å². The van der Waals surface area contributed by atoms with Gasteiger partial charge in [-0.3, -0.25) is 14.3 Å². The summed E-state index contributed by atoms with van der Waals surface area (Å²) in [5.41, 5.74) is 5.87. The Morgan fingerprint density at radius 2 is 2.04 bits per heavy atom. The largest absolute Gasteiger partial charge is 0.454 e. The summed E-state index contributed by atoms with van der Waals surface area (Å²) in [6, 6.07) is 9.78. The minimum Gasteiger partial charge on any atom is -0.454 e. The molecule has 0 aliphatic rings. The molecule has 7 nitrogen and oxygen atoms in total. The van der Waals surface area contributed by atoms with Gasteiger partial charge in [0.25, 0.3) is 11.8 Å². The zero-order chi connectivity index (χ0) is 17.1. The first kappa shape index (κ1) is 16.0. The Morgan fingerprint density at radius 1 is 1.25 bits per heavy atom. The number of nitrogens with one attached hydrogen (secondary N) is 1. The highest BCUT2D eigenvalue weighted by atomic mass is 79.9. The molecule has 0 saturated heterocycles. The van der Waals surface area contributed by atoms with E-state index in [1.165, 1.54) is 0 Å². The lowest BCUT2D eigenvalue weighted by Crippen LogP contribution is -2.17. The van der Waals surface area contributed by atoms with Gasteiger partial charge in [0, 0.05) is 6.20 Å². The van der Waals surface area contributed by atoms with Gasteiger partial charge in [-0.05, 0) is 40.2 Å². The van der Waals surface area contributed by atoms with E-state index in [1.807, 2.05) is 0 Å². The lowest BCUT2D eigenvalue weighted by Gasteiger charge is -2.07. The standard InChI is InChI=1S/C16H13BrN4O3/c17-10-7-19-21(8-10)9-11-5-6-14(24-11)16(23)20-13-4-2-1-3-12(13)15(18)22/h1-8H,9H2,(H2,18,22)(H,20,23). The Kier molecular flexibility index (Phi) is 4.48. The van der Waals surface area contributed by atoms with Crippen molar-refractivity contribution in [2.75, 3.05) is 5.32 Å². The predicted octanol–water partition coefficient (Wildman–Crippen LogP) is 2.64. The van der Waals surface area contributed by atoms with Gasteiger partial charge in [0.2, 0.25) is 0 Å². The van der Waals surface area contributed by atoms with E-state index in [4.69, 9.17) is 10.2 Å². The molecule has 2 heterocycles. The number of para-hydroxylation sites is 1. The third kappa shape index (κ3) is 3.54. The number of hydrogen-bond donors (Lipinski definition) is 2. The average Bonchev–Trinajstić information content (AvgIpc) is 3.17. The van der Waals surface area contributed by atoms with E-state index in [0.29, 0.717) is 18.0 Å². The summed E-state index contributed by atoms with van der Waals surface area (Å²) >= 11 is 3.31. The minimum absolute atomic E-state index is 0.135. The second-order valence-electron chi connectivity index (χ2n) is 4.99. The normalized spacial score (nSPS) is 10.5. The van der Waals surface area contributed by atoms with Gasteiger partial charge >= 0.3 is 0 Å². The Morgan fingerprint density at radius 3 is 2.75 bits per heavy atom. The highest BCUT2D eigenvalue weighted by Crippen LogP contribution is 2.17. The van der Waals surface area contributed by atoms with Crippen LogP contribution in [0.3, 0.4) is 0 Å². The first-order valence-electron chi connectivity index (χ1n) is 7.00. The molecule has 24 heavy (non-hydrogen) atoms. The number of primary amides is 1. The van der Waals surface area contributed by atoms with Crippen LogP contribution in [0.5, 0.6) is 0 Å². The highest BCUT2D eigenvalue weighted by Gasteiger charge is 2.15. The predicted molar refractivity (Wildman–Crippen MR) is 90.7 cm³/mol. The van der Waals surface area contributed by atoms with E-state index in [9.17, 15) is 9.59 Å². The van der Waals surface area contributed by atoms with Crippen LogP contribution in [0.25, 0.3) is 0 Å². The van der Waals surface area contributed by atoms with Gasteiger partial charge in [0.1, 0.15) is 5.76 Å². The number of furan rings is 1. The smallest absolute Gasteiger partial charge is 0.291 e. The van der Waals surface area contributed by atoms with Gasteiger partial charge in [-0.15, -0.1) is 0 Å². The summed E-state index contributed by atoms with van der Waals surface area (Å²) in [4.78, 5) is 23.7. The number of nitrogens with zero attached hydrogens (tertiary/aromatic N) is 2. The summed E-state index contributed by atoms with van der Waals surface area (Å²) < 4.78 is 8.06. The third-order valence-electron chi connectivity index (χ3n) is 3.25. The molecule has 3 rings (SSSR count). The molecule has 0 aliphatic heterocycles. The molecule has 3 aromatic rings. The Balaban J connectivity index is 1.73. The maximum Gasteiger partial charge on any atom is 0.291 e. The number of nitrogens with two attached hydrogens (primary N) is 1. The molecule has 0 saturated carbocycles. The van der Waals surface area contributed by atoms with Crippen LogP contribution in [0, 0.1) is 0 Å². The molecule has 0 unspecified atom stereocenters. The summed E-state index contributed by atoms with van der Waals surface area (Å²) in [6.45, 7) is 0.400. The van der Waals surface area contributed by atoms with E-state index in [1.54, 1.807) is 53.5 Å². The minimum atomic E-state index is -0.615. The van der Waals surface area contributed by atoms with Crippen molar-refractivity contribution in [2.24, 2.45) is 5.73 Å². The summed E-state index contributed by atoms with van der Waals surface area (Å²) in [7, 11) is 0. The fraction of sp³-hybridized carbons (Fsp3) is 0.0625. The van der Waals surface area contributed by atoms with Crippen molar-refractivity contribution in [1.82, 2.24) is 9.78 Å². The van der Waals surface area contributed by atoms with Crippen molar-refractivity contribution in [2.45, 2.75) is 6.54 Å². The molecular formula is C16H13BrN4O3. The molecular weight excluding hydrogens is 376 g/mol. The number of benzene rings is 1. The fourth-order valence-electron chi connectivity index (χ4n) is 2.16. The Hall–Kier alpha value is -2.87. The number of hydrogen-bond acceptors (Lipinski definition) is 4. The SMILES string of the molecule is NC(=O)c1ccccc1NC(=O)c1ccc(Cn2cc(Br)cn2)o1. The number of aromatic nitrogens is 2. The number of carbonyl (C=O) groups excluding carboxylic acids is 2. The molecule has 2 amide bonds. The zero-order valence-corrected chi connectivity index (χ0v) is 14.0. The van der Waals surface area contributed by atoms with E-state index < -0.39 is 11.8 Å². The number of carbonyl (C=O) groups is 2. The highest BCUT2D eigenvalue weighted by molar-refractivity contribution is 9.10. The van der Waals surface area contributed by atoms with Gasteiger partial charge in [0.15, 0.2) is 5.76 Å². The maximum atomic E-state index is 12.3. The van der Waals surface area contributed by atoms with Gasteiger partial charge in [-0.25, -0.2) is 0 Å². The maximum absolute atomic E-state index is 12.3. The van der Waals surface area contributed by atoms with Gasteiger partial charge in [0.05, 0.1) is 28.5 Å². The Bertz CT molecular complexity index is 900. The molecule has 1 aromatic carbocycles. The molecule has 8 heteroatoms. The van der Waals surface area contributed by atoms with E-state index >= 15 is 0 Å². The van der Waals surface area contributed by atoms with Crippen LogP contribution in [-0.4, -0.2) is 21.6 Å². The average molecular weight is 389 g/mol. The second kappa shape index (κ2) is 6.71. The van der Waals surface area contributed by atoms with E-state index in [0.717, 1.165) is 4.47 Å². The molecule has 0 radical (unpaired) electrons. The monoisotopic (exact) mass is 388 g/mol. The van der Waals surface area contributed by atoms with E-state index in [2.05, 4.69) is 26.3 Å². The molecule has 122 valence electrons. The van der Waals surface area contributed by atoms with Crippen molar-refractivity contribution >= 4 is 33.4 Å². The number of halogens is 1. The fourth-order valence-corrected chi connectivity index (χ4v) is 2.49. The summed E-state index contributed by atoms with van der Waals surface area (Å²) in [5, 5.41) is 6.75. The van der Waals surface area contributed by atoms with Crippen LogP contribution >= 0.6 is 15.9 Å². The first-order chi connectivity index (χ1) is 11.5. The van der Waals surface area contributed by atoms with Crippen LogP contribution in [0.2, 0.25) is 0 Å². The van der Waals surface area contributed by atoms with Gasteiger partial charge in [-0.2, -0.15) is 5.10 Å². The molecule has 2 aromatic heterocycles. The van der Waals surface area contributed by atoms with Crippen molar-refractivity contribution in [3.05, 3.63) is 70.3 Å². The first-order valence-corrected chi connectivity index (χ1v) is 7.79. The number of anilines is 1. The quantitative estimate of drug-likeness (QED) is 0.700. The molecule has 0 fully saturated rings. The lowest BCUT2D eigenvalue weighted by molar-refractivity contribution is 0.0994. The number of rotatable bonds is 5. The molecule has 0 atom stereocenters. The zero-order valence-electron chi connectivity index (χ0n) is 12.4. The van der Waals surface area contributed by atoms with Crippen molar-refractivity contribution in [3.63, 3.8) is 0 Å². The van der Waals surface area contributed by atoms with Crippen LogP contribution in [0.1, 0.15) is 26.7 Å². The summed E-state index contributed by atoms with van der Waals surface area (Å²) in [6.07, 6.45) is 3.46. The lowest BCUT2D eigenvalue weighted by atomic mass is 10.1. The molecule has 3 N–H and O–H groups in total. The third-order valence-corrected chi connectivity index (χ3v) is 3.66. The van der Waals surface area contributed by atoms with Crippen LogP contribution in [0.15, 0.2) is 57.7 Å². The molecule has 0 bridgehead atoms. The van der Waals surface area contributed by atoms with Crippen LogP contribution in [0.4, 0.5) is 5.69 Å². The molecule has 0 aliphatic carbocycles. The van der Waals surface area contributed by atoms with Crippen molar-refractivity contribution in [3.8, 4) is 0 Å². The van der Waals surface area contributed by atoms with Crippen molar-refractivity contribution < 1.29 is 14.0 Å². The van der Waals surface area contributed by atoms with Crippen LogP contribution in [-0.2, 0) is 6.54 Å². The molecule has 0 spiro atoms. The number of amides is 2. The topological polar surface area (TPSA) is 103 Å².